The lowest BCUT2D eigenvalue weighted by molar-refractivity contribution is 0.143. The number of aromatic nitrogens is 1. The lowest BCUT2D eigenvalue weighted by Crippen LogP contribution is -2.17. The van der Waals surface area contributed by atoms with E-state index < -0.39 is 11.6 Å². The maximum absolute atomic E-state index is 12.8. The Balaban J connectivity index is 2.23. The molecule has 0 aliphatic carbocycles. The summed E-state index contributed by atoms with van der Waals surface area (Å²) in [4.78, 5) is 23.7. The van der Waals surface area contributed by atoms with Crippen LogP contribution in [0.25, 0.3) is 10.9 Å². The summed E-state index contributed by atoms with van der Waals surface area (Å²) in [6.45, 7) is -0.0813. The number of hydrogen-bond donors (Lipinski definition) is 2. The Morgan fingerprint density at radius 3 is 2.59 bits per heavy atom. The van der Waals surface area contributed by atoms with E-state index in [0.717, 1.165) is 5.56 Å². The van der Waals surface area contributed by atoms with Crippen molar-refractivity contribution in [2.75, 3.05) is 13.7 Å². The number of methoxy groups -OCH3 is 1. The van der Waals surface area contributed by atoms with Crippen molar-refractivity contribution in [2.45, 2.75) is 13.0 Å². The summed E-state index contributed by atoms with van der Waals surface area (Å²) < 4.78 is 11.6. The van der Waals surface area contributed by atoms with E-state index in [0.29, 0.717) is 33.3 Å². The molecule has 1 heterocycles. The van der Waals surface area contributed by atoms with Gasteiger partial charge in [-0.15, -0.1) is 0 Å². The van der Waals surface area contributed by atoms with Crippen molar-refractivity contribution in [1.29, 1.82) is 0 Å². The van der Waals surface area contributed by atoms with E-state index in [4.69, 9.17) is 33.0 Å². The number of halogens is 2. The molecule has 1 aromatic heterocycles. The van der Waals surface area contributed by atoms with Crippen molar-refractivity contribution in [2.24, 2.45) is 0 Å². The summed E-state index contributed by atoms with van der Waals surface area (Å²) in [7, 11) is 1.50. The Morgan fingerprint density at radius 1 is 1.17 bits per heavy atom. The second-order valence-electron chi connectivity index (χ2n) is 6.18. The highest BCUT2D eigenvalue weighted by Crippen LogP contribution is 2.32. The highest BCUT2D eigenvalue weighted by molar-refractivity contribution is 6.42. The van der Waals surface area contributed by atoms with Crippen molar-refractivity contribution < 1.29 is 24.5 Å². The molecule has 2 N–H and O–H groups in total. The highest BCUT2D eigenvalue weighted by Gasteiger charge is 2.17. The van der Waals surface area contributed by atoms with Crippen molar-refractivity contribution in [3.05, 3.63) is 67.9 Å². The van der Waals surface area contributed by atoms with Crippen molar-refractivity contribution in [1.82, 2.24) is 4.57 Å². The zero-order valence-corrected chi connectivity index (χ0v) is 16.8. The minimum absolute atomic E-state index is 0.134. The fourth-order valence-electron chi connectivity index (χ4n) is 3.11. The molecule has 0 saturated heterocycles. The molecular weight excluding hydrogens is 421 g/mol. The van der Waals surface area contributed by atoms with Gasteiger partial charge < -0.3 is 24.3 Å². The number of pyridine rings is 1. The minimum atomic E-state index is -1.60. The maximum Gasteiger partial charge on any atom is 0.511 e. The largest absolute Gasteiger partial charge is 0.511 e. The first-order valence-corrected chi connectivity index (χ1v) is 9.30. The van der Waals surface area contributed by atoms with Crippen LogP contribution >= 0.6 is 23.2 Å². The minimum Gasteiger partial charge on any atom is -0.496 e. The van der Waals surface area contributed by atoms with E-state index in [1.807, 2.05) is 6.07 Å². The van der Waals surface area contributed by atoms with Crippen LogP contribution in [0.1, 0.15) is 11.1 Å². The molecule has 9 heteroatoms. The standard InChI is InChI=1S/C20H17Cl2NO6/c1-28-16-9-15-13(8-12(16)7-11-3-2-4-14(21)18(11)22)19(25)17(29-20(26)27)10-23(15)5-6-24/h2-4,8-10,24H,5-7H2,1H3,(H,26,27). The van der Waals surface area contributed by atoms with Gasteiger partial charge in [-0.25, -0.2) is 4.79 Å². The molecule has 0 bridgehead atoms. The number of fused-ring (bicyclic) bond motifs is 1. The van der Waals surface area contributed by atoms with Gasteiger partial charge in [-0.3, -0.25) is 4.79 Å². The third-order valence-corrected chi connectivity index (χ3v) is 5.26. The second-order valence-corrected chi connectivity index (χ2v) is 6.96. The van der Waals surface area contributed by atoms with Gasteiger partial charge >= 0.3 is 6.16 Å². The number of nitrogens with zero attached hydrogens (tertiary/aromatic N) is 1. The fourth-order valence-corrected chi connectivity index (χ4v) is 3.50. The predicted molar refractivity (Wildman–Crippen MR) is 110 cm³/mol. The molecule has 0 fully saturated rings. The van der Waals surface area contributed by atoms with Crippen LogP contribution in [0, 0.1) is 0 Å². The highest BCUT2D eigenvalue weighted by atomic mass is 35.5. The lowest BCUT2D eigenvalue weighted by Gasteiger charge is -2.16. The molecular formula is C20H17Cl2NO6. The van der Waals surface area contributed by atoms with Crippen LogP contribution in [0.2, 0.25) is 10.0 Å². The van der Waals surface area contributed by atoms with Gasteiger partial charge in [0.05, 0.1) is 40.9 Å². The molecule has 2 aromatic carbocycles. The summed E-state index contributed by atoms with van der Waals surface area (Å²) in [5, 5.41) is 19.3. The molecule has 0 atom stereocenters. The van der Waals surface area contributed by atoms with Gasteiger partial charge in [0, 0.05) is 19.0 Å². The number of hydrogen-bond acceptors (Lipinski definition) is 5. The van der Waals surface area contributed by atoms with E-state index in [9.17, 15) is 14.7 Å². The van der Waals surface area contributed by atoms with Crippen molar-refractivity contribution in [3.8, 4) is 11.5 Å². The molecule has 0 aliphatic heterocycles. The third-order valence-electron chi connectivity index (χ3n) is 4.40. The van der Waals surface area contributed by atoms with E-state index in [-0.39, 0.29) is 24.3 Å². The zero-order valence-electron chi connectivity index (χ0n) is 15.3. The Morgan fingerprint density at radius 2 is 1.93 bits per heavy atom. The SMILES string of the molecule is COc1cc2c(cc1Cc1cccc(Cl)c1Cl)c(=O)c(OC(=O)O)cn2CCO. The van der Waals surface area contributed by atoms with Crippen LogP contribution in [0.5, 0.6) is 11.5 Å². The maximum atomic E-state index is 12.8. The van der Waals surface area contributed by atoms with Crippen LogP contribution in [-0.4, -0.2) is 34.7 Å². The molecule has 0 aliphatic rings. The lowest BCUT2D eigenvalue weighted by atomic mass is 10.0. The first-order valence-electron chi connectivity index (χ1n) is 8.54. The molecule has 0 unspecified atom stereocenters. The predicted octanol–water partition coefficient (Wildman–Crippen LogP) is 3.96. The molecule has 0 spiro atoms. The summed E-state index contributed by atoms with van der Waals surface area (Å²) in [6.07, 6.45) is -0.0133. The van der Waals surface area contributed by atoms with Crippen LogP contribution in [0.4, 0.5) is 4.79 Å². The van der Waals surface area contributed by atoms with Gasteiger partial charge in [0.15, 0.2) is 5.75 Å². The summed E-state index contributed by atoms with van der Waals surface area (Å²) >= 11 is 12.4. The van der Waals surface area contributed by atoms with Crippen LogP contribution in [-0.2, 0) is 13.0 Å². The van der Waals surface area contributed by atoms with E-state index in [1.54, 1.807) is 24.3 Å². The molecule has 3 aromatic rings. The molecule has 0 amide bonds. The quantitative estimate of drug-likeness (QED) is 0.566. The van der Waals surface area contributed by atoms with Gasteiger partial charge in [-0.05, 0) is 23.3 Å². The topological polar surface area (TPSA) is 98.0 Å². The van der Waals surface area contributed by atoms with Gasteiger partial charge in [-0.2, -0.15) is 0 Å². The number of aliphatic hydroxyl groups is 1. The third kappa shape index (κ3) is 4.32. The second kappa shape index (κ2) is 8.73. The Kier molecular flexibility index (Phi) is 6.32. The normalized spacial score (nSPS) is 10.9. The van der Waals surface area contributed by atoms with Crippen LogP contribution in [0.3, 0.4) is 0 Å². The fraction of sp³-hybridized carbons (Fsp3) is 0.200. The van der Waals surface area contributed by atoms with Gasteiger partial charge in [-0.1, -0.05) is 35.3 Å². The monoisotopic (exact) mass is 437 g/mol. The zero-order chi connectivity index (χ0) is 21.1. The average Bonchev–Trinajstić information content (AvgIpc) is 2.68. The summed E-state index contributed by atoms with van der Waals surface area (Å²) in [6, 6.07) is 8.52. The van der Waals surface area contributed by atoms with Gasteiger partial charge in [0.2, 0.25) is 5.43 Å². The Bertz CT molecular complexity index is 1140. The molecule has 3 rings (SSSR count). The Labute approximate surface area is 175 Å². The first-order chi connectivity index (χ1) is 13.8. The molecule has 152 valence electrons. The molecule has 0 radical (unpaired) electrons. The van der Waals surface area contributed by atoms with Gasteiger partial charge in [0.25, 0.3) is 0 Å². The number of ether oxygens (including phenoxy) is 2. The van der Waals surface area contributed by atoms with E-state index in [2.05, 4.69) is 4.74 Å². The number of carbonyl (C=O) groups is 1. The van der Waals surface area contributed by atoms with Crippen LogP contribution in [0.15, 0.2) is 41.3 Å². The van der Waals surface area contributed by atoms with E-state index in [1.165, 1.54) is 17.9 Å². The summed E-state index contributed by atoms with van der Waals surface area (Å²) in [5.41, 5.74) is 1.28. The van der Waals surface area contributed by atoms with Crippen molar-refractivity contribution in [3.63, 3.8) is 0 Å². The first kappa shape index (κ1) is 21.0. The number of rotatable bonds is 6. The number of benzene rings is 2. The summed E-state index contributed by atoms with van der Waals surface area (Å²) in [5.74, 6) is 0.155. The van der Waals surface area contributed by atoms with Crippen LogP contribution < -0.4 is 14.9 Å². The number of carboxylic acid groups (broad SMARTS) is 1. The smallest absolute Gasteiger partial charge is 0.496 e. The Hall–Kier alpha value is -2.74. The molecule has 7 nitrogen and oxygen atoms in total. The molecule has 0 saturated carbocycles. The molecule has 29 heavy (non-hydrogen) atoms. The van der Waals surface area contributed by atoms with E-state index >= 15 is 0 Å². The van der Waals surface area contributed by atoms with Crippen molar-refractivity contribution >= 4 is 40.3 Å². The van der Waals surface area contributed by atoms with Gasteiger partial charge in [0.1, 0.15) is 5.75 Å². The number of aliphatic hydroxyl groups excluding tert-OH is 1. The average molecular weight is 438 g/mol.